The molecule has 1 N–H and O–H groups in total. The van der Waals surface area contributed by atoms with Crippen molar-refractivity contribution < 1.29 is 13.2 Å². The van der Waals surface area contributed by atoms with Crippen molar-refractivity contribution in [3.63, 3.8) is 0 Å². The van der Waals surface area contributed by atoms with Crippen LogP contribution >= 0.6 is 11.3 Å². The summed E-state index contributed by atoms with van der Waals surface area (Å²) in [6.45, 7) is 3.99. The van der Waals surface area contributed by atoms with E-state index < -0.39 is 9.84 Å². The van der Waals surface area contributed by atoms with Gasteiger partial charge in [-0.1, -0.05) is 29.5 Å². The highest BCUT2D eigenvalue weighted by atomic mass is 32.2. The molecule has 146 valence electrons. The zero-order chi connectivity index (χ0) is 19.9. The number of carbonyl (C=O) groups is 1. The Labute approximate surface area is 168 Å². The molecule has 0 spiro atoms. The molecule has 0 radical (unpaired) electrons. The molecule has 4 rings (SSSR count). The highest BCUT2D eigenvalue weighted by molar-refractivity contribution is 7.91. The summed E-state index contributed by atoms with van der Waals surface area (Å²) in [4.78, 5) is 17.1. The maximum absolute atomic E-state index is 12.6. The summed E-state index contributed by atoms with van der Waals surface area (Å²) < 4.78 is 26.3. The zero-order valence-corrected chi connectivity index (χ0v) is 17.5. The number of aryl methyl sites for hydroxylation is 4. The van der Waals surface area contributed by atoms with Crippen molar-refractivity contribution in [3.8, 4) is 0 Å². The first-order valence-corrected chi connectivity index (χ1v) is 11.8. The Balaban J connectivity index is 1.44. The van der Waals surface area contributed by atoms with Gasteiger partial charge in [0.05, 0.1) is 20.9 Å². The van der Waals surface area contributed by atoms with Gasteiger partial charge in [-0.15, -0.1) is 0 Å². The number of anilines is 1. The smallest absolute Gasteiger partial charge is 0.227 e. The molecule has 2 aromatic carbocycles. The average molecular weight is 415 g/mol. The molecule has 1 heterocycles. The lowest BCUT2D eigenvalue weighted by Gasteiger charge is -2.07. The van der Waals surface area contributed by atoms with Crippen molar-refractivity contribution >= 4 is 42.4 Å². The Morgan fingerprint density at radius 1 is 1.11 bits per heavy atom. The van der Waals surface area contributed by atoms with E-state index in [0.29, 0.717) is 10.0 Å². The predicted molar refractivity (Wildman–Crippen MR) is 113 cm³/mol. The number of fused-ring (bicyclic) bond motifs is 2. The topological polar surface area (TPSA) is 76.1 Å². The van der Waals surface area contributed by atoms with Gasteiger partial charge in [0.25, 0.3) is 0 Å². The molecule has 0 atom stereocenters. The molecule has 3 aromatic rings. The number of benzene rings is 2. The Hall–Kier alpha value is -2.25. The van der Waals surface area contributed by atoms with Gasteiger partial charge in [0.1, 0.15) is 0 Å². The van der Waals surface area contributed by atoms with Crippen LogP contribution in [-0.2, 0) is 27.5 Å². The molecule has 1 aliphatic rings. The van der Waals surface area contributed by atoms with Crippen LogP contribution in [0, 0.1) is 13.8 Å². The minimum Gasteiger partial charge on any atom is -0.302 e. The van der Waals surface area contributed by atoms with Gasteiger partial charge in [0.15, 0.2) is 15.0 Å². The molecule has 0 bridgehead atoms. The predicted octanol–water partition coefficient (Wildman–Crippen LogP) is 4.20. The van der Waals surface area contributed by atoms with Gasteiger partial charge in [-0.2, -0.15) is 0 Å². The van der Waals surface area contributed by atoms with Gasteiger partial charge < -0.3 is 5.32 Å². The molecule has 5 nitrogen and oxygen atoms in total. The molecule has 1 aromatic heterocycles. The van der Waals surface area contributed by atoms with Crippen LogP contribution in [0.3, 0.4) is 0 Å². The third-order valence-electron chi connectivity index (χ3n) is 5.22. The highest BCUT2D eigenvalue weighted by Crippen LogP contribution is 2.31. The minimum atomic E-state index is -3.49. The fourth-order valence-electron chi connectivity index (χ4n) is 3.58. The van der Waals surface area contributed by atoms with Crippen molar-refractivity contribution in [2.45, 2.75) is 44.4 Å². The third kappa shape index (κ3) is 3.69. The molecular formula is C21H22N2O3S2. The third-order valence-corrected chi connectivity index (χ3v) is 8.04. The maximum atomic E-state index is 12.6. The molecule has 1 amide bonds. The second kappa shape index (κ2) is 7.29. The second-order valence-electron chi connectivity index (χ2n) is 7.30. The second-order valence-corrected chi connectivity index (χ2v) is 10.4. The lowest BCUT2D eigenvalue weighted by atomic mass is 10.1. The van der Waals surface area contributed by atoms with Crippen LogP contribution in [0.15, 0.2) is 35.2 Å². The number of aromatic nitrogens is 1. The van der Waals surface area contributed by atoms with Crippen LogP contribution in [0.25, 0.3) is 10.2 Å². The monoisotopic (exact) mass is 414 g/mol. The van der Waals surface area contributed by atoms with Crippen molar-refractivity contribution in [2.75, 3.05) is 11.1 Å². The van der Waals surface area contributed by atoms with Gasteiger partial charge in [-0.25, -0.2) is 13.4 Å². The summed E-state index contributed by atoms with van der Waals surface area (Å²) in [5, 5.41) is 3.26. The number of nitrogens with zero attached hydrogens (tertiary/aromatic N) is 1. The molecular weight excluding hydrogens is 392 g/mol. The summed E-state index contributed by atoms with van der Waals surface area (Å²) in [6.07, 6.45) is 2.92. The first-order chi connectivity index (χ1) is 13.3. The van der Waals surface area contributed by atoms with Crippen molar-refractivity contribution in [1.82, 2.24) is 4.98 Å². The summed E-state index contributed by atoms with van der Waals surface area (Å²) in [5.41, 5.74) is 5.39. The fraction of sp³-hybridized carbons (Fsp3) is 0.333. The number of carbonyl (C=O) groups excluding carboxylic acids is 1. The van der Waals surface area contributed by atoms with Gasteiger partial charge in [0.2, 0.25) is 5.91 Å². The van der Waals surface area contributed by atoms with Crippen LogP contribution in [-0.4, -0.2) is 25.1 Å². The number of hydrogen-bond acceptors (Lipinski definition) is 5. The van der Waals surface area contributed by atoms with Crippen molar-refractivity contribution in [2.24, 2.45) is 0 Å². The number of hydrogen-bond donors (Lipinski definition) is 1. The Kier molecular flexibility index (Phi) is 4.97. The van der Waals surface area contributed by atoms with Crippen LogP contribution in [0.4, 0.5) is 5.13 Å². The number of amides is 1. The summed E-state index contributed by atoms with van der Waals surface area (Å²) >= 11 is 1.42. The maximum Gasteiger partial charge on any atom is 0.227 e. The van der Waals surface area contributed by atoms with E-state index in [2.05, 4.69) is 10.3 Å². The summed E-state index contributed by atoms with van der Waals surface area (Å²) in [7, 11) is -3.49. The molecule has 0 aliphatic heterocycles. The fourth-order valence-corrected chi connectivity index (χ4v) is 5.90. The quantitative estimate of drug-likeness (QED) is 0.679. The number of sulfone groups is 1. The highest BCUT2D eigenvalue weighted by Gasteiger charge is 2.20. The van der Waals surface area contributed by atoms with Gasteiger partial charge in [-0.3, -0.25) is 4.79 Å². The van der Waals surface area contributed by atoms with Crippen LogP contribution in [0.2, 0.25) is 0 Å². The lowest BCUT2D eigenvalue weighted by Crippen LogP contribution is -2.17. The Bertz CT molecular complexity index is 1140. The molecule has 1 aliphatic carbocycles. The van der Waals surface area contributed by atoms with Gasteiger partial charge in [0, 0.05) is 6.42 Å². The first-order valence-electron chi connectivity index (χ1n) is 9.35. The average Bonchev–Trinajstić information content (AvgIpc) is 3.30. The normalized spacial score (nSPS) is 13.6. The largest absolute Gasteiger partial charge is 0.302 e. The van der Waals surface area contributed by atoms with Crippen molar-refractivity contribution in [1.29, 1.82) is 0 Å². The van der Waals surface area contributed by atoms with E-state index in [4.69, 9.17) is 0 Å². The standard InChI is InChI=1S/C21H22N2O3S2/c1-13-6-7-14(2)20-19(13)23-21(27-20)22-18(24)10-11-28(25,26)17-9-8-15-4-3-5-16(15)12-17/h6-9,12H,3-5,10-11H2,1-2H3,(H,22,23,24). The lowest BCUT2D eigenvalue weighted by molar-refractivity contribution is -0.115. The van der Waals surface area contributed by atoms with E-state index in [0.717, 1.165) is 46.2 Å². The number of rotatable bonds is 5. The molecule has 28 heavy (non-hydrogen) atoms. The molecule has 0 saturated heterocycles. The Morgan fingerprint density at radius 2 is 1.86 bits per heavy atom. The van der Waals surface area contributed by atoms with E-state index in [1.807, 2.05) is 32.0 Å². The zero-order valence-electron chi connectivity index (χ0n) is 15.9. The molecule has 7 heteroatoms. The van der Waals surface area contributed by atoms with Crippen LogP contribution in [0.1, 0.15) is 35.1 Å². The Morgan fingerprint density at radius 3 is 2.64 bits per heavy atom. The molecule has 0 unspecified atom stereocenters. The van der Waals surface area contributed by atoms with E-state index in [9.17, 15) is 13.2 Å². The number of thiazole rings is 1. The molecule has 0 saturated carbocycles. The van der Waals surface area contributed by atoms with E-state index in [1.54, 1.807) is 12.1 Å². The SMILES string of the molecule is Cc1ccc(C)c2sc(NC(=O)CCS(=O)(=O)c3ccc4c(c3)CCC4)nc12. The summed E-state index contributed by atoms with van der Waals surface area (Å²) in [6, 6.07) is 9.38. The van der Waals surface area contributed by atoms with E-state index >= 15 is 0 Å². The van der Waals surface area contributed by atoms with Gasteiger partial charge in [-0.05, 0) is 67.5 Å². The van der Waals surface area contributed by atoms with E-state index in [1.165, 1.54) is 16.9 Å². The van der Waals surface area contributed by atoms with Crippen LogP contribution < -0.4 is 5.32 Å². The molecule has 0 fully saturated rings. The van der Waals surface area contributed by atoms with E-state index in [-0.39, 0.29) is 18.1 Å². The minimum absolute atomic E-state index is 0.0900. The summed E-state index contributed by atoms with van der Waals surface area (Å²) in [5.74, 6) is -0.542. The first kappa shape index (κ1) is 19.1. The number of nitrogens with one attached hydrogen (secondary N) is 1. The van der Waals surface area contributed by atoms with Gasteiger partial charge >= 0.3 is 0 Å². The van der Waals surface area contributed by atoms with Crippen molar-refractivity contribution in [3.05, 3.63) is 52.6 Å². The van der Waals surface area contributed by atoms with Crippen LogP contribution in [0.5, 0.6) is 0 Å².